The summed E-state index contributed by atoms with van der Waals surface area (Å²) < 4.78 is 0. The summed E-state index contributed by atoms with van der Waals surface area (Å²) in [5, 5.41) is 8.89. The third kappa shape index (κ3) is 1.75. The summed E-state index contributed by atoms with van der Waals surface area (Å²) in [5.74, 6) is -1.04. The number of nitrogens with two attached hydrogens (primary N) is 2. The molecule has 0 saturated heterocycles. The molecule has 5 N–H and O–H groups in total. The molecule has 14 heavy (non-hydrogen) atoms. The van der Waals surface area contributed by atoms with Crippen molar-refractivity contribution in [3.05, 3.63) is 42.0 Å². The number of aromatic carboxylic acids is 1. The Morgan fingerprint density at radius 2 is 2.21 bits per heavy atom. The van der Waals surface area contributed by atoms with Gasteiger partial charge in [-0.15, -0.1) is 6.58 Å². The van der Waals surface area contributed by atoms with E-state index in [-0.39, 0.29) is 5.56 Å². The smallest absolute Gasteiger partial charge is 0.336 e. The van der Waals surface area contributed by atoms with Crippen molar-refractivity contribution in [3.63, 3.8) is 0 Å². The summed E-state index contributed by atoms with van der Waals surface area (Å²) >= 11 is 0. The molecule has 0 amide bonds. The molecule has 0 aliphatic carbocycles. The number of carboxylic acid groups (broad SMARTS) is 1. The summed E-state index contributed by atoms with van der Waals surface area (Å²) in [6, 6.07) is 4.11. The topological polar surface area (TPSA) is 89.3 Å². The second kappa shape index (κ2) is 3.93. The second-order valence-corrected chi connectivity index (χ2v) is 2.88. The highest BCUT2D eigenvalue weighted by molar-refractivity contribution is 5.91. The molecule has 1 rings (SSSR count). The Bertz CT molecular complexity index is 374. The maximum Gasteiger partial charge on any atom is 0.336 e. The van der Waals surface area contributed by atoms with Crippen LogP contribution in [0.1, 0.15) is 22.0 Å². The zero-order chi connectivity index (χ0) is 10.7. The average molecular weight is 192 g/mol. The molecule has 0 bridgehead atoms. The molecule has 0 aliphatic heterocycles. The summed E-state index contributed by atoms with van der Waals surface area (Å²) in [7, 11) is 0. The molecule has 0 spiro atoms. The van der Waals surface area contributed by atoms with Gasteiger partial charge < -0.3 is 16.6 Å². The first-order valence-electron chi connectivity index (χ1n) is 4.07. The average Bonchev–Trinajstić information content (AvgIpc) is 2.16. The predicted molar refractivity (Wildman–Crippen MR) is 54.9 cm³/mol. The molecule has 74 valence electrons. The van der Waals surface area contributed by atoms with Crippen LogP contribution in [0.4, 0.5) is 5.69 Å². The molecular formula is C10H12N2O2. The van der Waals surface area contributed by atoms with Crippen molar-refractivity contribution in [2.24, 2.45) is 5.73 Å². The van der Waals surface area contributed by atoms with Gasteiger partial charge in [-0.3, -0.25) is 0 Å². The van der Waals surface area contributed by atoms with Crippen LogP contribution in [0, 0.1) is 0 Å². The summed E-state index contributed by atoms with van der Waals surface area (Å²) in [4.78, 5) is 10.8. The van der Waals surface area contributed by atoms with Gasteiger partial charge in [-0.05, 0) is 12.1 Å². The third-order valence-electron chi connectivity index (χ3n) is 1.96. The summed E-state index contributed by atoms with van der Waals surface area (Å²) in [6.07, 6.45) is 1.46. The Balaban J connectivity index is 3.36. The molecule has 1 aromatic rings. The first-order chi connectivity index (χ1) is 6.57. The molecule has 1 aromatic carbocycles. The maximum atomic E-state index is 10.8. The highest BCUT2D eigenvalue weighted by atomic mass is 16.4. The third-order valence-corrected chi connectivity index (χ3v) is 1.96. The molecule has 0 fully saturated rings. The molecular weight excluding hydrogens is 180 g/mol. The lowest BCUT2D eigenvalue weighted by Gasteiger charge is -2.12. The fourth-order valence-electron chi connectivity index (χ4n) is 1.26. The summed E-state index contributed by atoms with van der Waals surface area (Å²) in [6.45, 7) is 3.51. The van der Waals surface area contributed by atoms with Crippen LogP contribution in [0.3, 0.4) is 0 Å². The lowest BCUT2D eigenvalue weighted by Crippen LogP contribution is -2.15. The number of carbonyl (C=O) groups is 1. The van der Waals surface area contributed by atoms with Gasteiger partial charge in [0, 0.05) is 11.3 Å². The highest BCUT2D eigenvalue weighted by Crippen LogP contribution is 2.23. The number of hydrogen-bond donors (Lipinski definition) is 3. The Morgan fingerprint density at radius 3 is 2.71 bits per heavy atom. The van der Waals surface area contributed by atoms with Crippen LogP contribution < -0.4 is 11.5 Å². The zero-order valence-electron chi connectivity index (χ0n) is 7.60. The van der Waals surface area contributed by atoms with Gasteiger partial charge in [-0.25, -0.2) is 4.79 Å². The molecule has 0 aliphatic rings. The van der Waals surface area contributed by atoms with Crippen molar-refractivity contribution in [2.45, 2.75) is 6.04 Å². The SMILES string of the molecule is C=CC(N)c1c(N)cccc1C(=O)O. The molecule has 0 heterocycles. The molecule has 4 nitrogen and oxygen atoms in total. The van der Waals surface area contributed by atoms with Crippen molar-refractivity contribution in [2.75, 3.05) is 5.73 Å². The van der Waals surface area contributed by atoms with E-state index in [1.165, 1.54) is 12.1 Å². The van der Waals surface area contributed by atoms with E-state index in [1.807, 2.05) is 0 Å². The molecule has 1 unspecified atom stereocenters. The first-order valence-corrected chi connectivity index (χ1v) is 4.07. The van der Waals surface area contributed by atoms with E-state index in [9.17, 15) is 4.79 Å². The minimum absolute atomic E-state index is 0.123. The van der Waals surface area contributed by atoms with Gasteiger partial charge >= 0.3 is 5.97 Å². The van der Waals surface area contributed by atoms with Gasteiger partial charge in [0.1, 0.15) is 0 Å². The van der Waals surface area contributed by atoms with E-state index in [0.29, 0.717) is 11.3 Å². The minimum atomic E-state index is -1.04. The van der Waals surface area contributed by atoms with Gasteiger partial charge in [-0.1, -0.05) is 12.1 Å². The van der Waals surface area contributed by atoms with Crippen LogP contribution in [-0.2, 0) is 0 Å². The van der Waals surface area contributed by atoms with Crippen molar-refractivity contribution in [1.29, 1.82) is 0 Å². The van der Waals surface area contributed by atoms with Crippen LogP contribution in [-0.4, -0.2) is 11.1 Å². The number of benzene rings is 1. The van der Waals surface area contributed by atoms with Gasteiger partial charge in [-0.2, -0.15) is 0 Å². The van der Waals surface area contributed by atoms with E-state index < -0.39 is 12.0 Å². The number of rotatable bonds is 3. The van der Waals surface area contributed by atoms with Crippen LogP contribution in [0.15, 0.2) is 30.9 Å². The molecule has 4 heteroatoms. The van der Waals surface area contributed by atoms with Crippen LogP contribution >= 0.6 is 0 Å². The van der Waals surface area contributed by atoms with Crippen molar-refractivity contribution < 1.29 is 9.90 Å². The lowest BCUT2D eigenvalue weighted by molar-refractivity contribution is 0.0695. The van der Waals surface area contributed by atoms with Crippen molar-refractivity contribution in [1.82, 2.24) is 0 Å². The lowest BCUT2D eigenvalue weighted by atomic mass is 9.99. The van der Waals surface area contributed by atoms with Gasteiger partial charge in [0.2, 0.25) is 0 Å². The van der Waals surface area contributed by atoms with E-state index in [2.05, 4.69) is 6.58 Å². The molecule has 1 atom stereocenters. The molecule has 0 aromatic heterocycles. The van der Waals surface area contributed by atoms with Crippen LogP contribution in [0.5, 0.6) is 0 Å². The predicted octanol–water partition coefficient (Wildman–Crippen LogP) is 1.15. The molecule has 0 radical (unpaired) electrons. The maximum absolute atomic E-state index is 10.8. The monoisotopic (exact) mass is 192 g/mol. The quantitative estimate of drug-likeness (QED) is 0.495. The second-order valence-electron chi connectivity index (χ2n) is 2.88. The Morgan fingerprint density at radius 1 is 1.57 bits per heavy atom. The minimum Gasteiger partial charge on any atom is -0.478 e. The largest absolute Gasteiger partial charge is 0.478 e. The number of nitrogen functional groups attached to an aromatic ring is 1. The Kier molecular flexibility index (Phi) is 2.89. The van der Waals surface area contributed by atoms with Gasteiger partial charge in [0.15, 0.2) is 0 Å². The van der Waals surface area contributed by atoms with Crippen LogP contribution in [0.2, 0.25) is 0 Å². The van der Waals surface area contributed by atoms with Gasteiger partial charge in [0.25, 0.3) is 0 Å². The van der Waals surface area contributed by atoms with Crippen molar-refractivity contribution in [3.8, 4) is 0 Å². The van der Waals surface area contributed by atoms with E-state index in [4.69, 9.17) is 16.6 Å². The van der Waals surface area contributed by atoms with E-state index in [0.717, 1.165) is 0 Å². The fraction of sp³-hybridized carbons (Fsp3) is 0.100. The molecule has 0 saturated carbocycles. The van der Waals surface area contributed by atoms with E-state index >= 15 is 0 Å². The highest BCUT2D eigenvalue weighted by Gasteiger charge is 2.16. The Hall–Kier alpha value is -1.81. The number of anilines is 1. The van der Waals surface area contributed by atoms with Crippen LogP contribution in [0.25, 0.3) is 0 Å². The van der Waals surface area contributed by atoms with Crippen molar-refractivity contribution >= 4 is 11.7 Å². The standard InChI is InChI=1S/C10H12N2O2/c1-2-7(11)9-6(10(13)14)4-3-5-8(9)12/h2-5,7H,1,11-12H2,(H,13,14). The number of carboxylic acids is 1. The van der Waals surface area contributed by atoms with E-state index in [1.54, 1.807) is 12.1 Å². The fourth-order valence-corrected chi connectivity index (χ4v) is 1.26. The Labute approximate surface area is 81.8 Å². The summed E-state index contributed by atoms with van der Waals surface area (Å²) in [5.41, 5.74) is 12.2. The number of hydrogen-bond acceptors (Lipinski definition) is 3. The normalized spacial score (nSPS) is 12.1. The van der Waals surface area contributed by atoms with Gasteiger partial charge in [0.05, 0.1) is 11.6 Å². The zero-order valence-corrected chi connectivity index (χ0v) is 7.60. The first kappa shape index (κ1) is 10.3.